The molecule has 1 aliphatic rings. The molecular formula is C15H15NO2. The smallest absolute Gasteiger partial charge is 0.194 e. The number of aliphatic hydroxyl groups is 1. The highest BCUT2D eigenvalue weighted by Gasteiger charge is 2.39. The summed E-state index contributed by atoms with van der Waals surface area (Å²) in [4.78, 5) is 16.6. The molecule has 0 unspecified atom stereocenters. The van der Waals surface area contributed by atoms with Crippen LogP contribution in [0.15, 0.2) is 36.7 Å². The van der Waals surface area contributed by atoms with Crippen LogP contribution in [0.3, 0.4) is 0 Å². The van der Waals surface area contributed by atoms with Gasteiger partial charge in [-0.25, -0.2) is 0 Å². The molecule has 1 fully saturated rings. The van der Waals surface area contributed by atoms with Gasteiger partial charge in [0.05, 0.1) is 0 Å². The Morgan fingerprint density at radius 3 is 2.78 bits per heavy atom. The van der Waals surface area contributed by atoms with Gasteiger partial charge in [0, 0.05) is 23.3 Å². The van der Waals surface area contributed by atoms with Crippen molar-refractivity contribution in [2.75, 3.05) is 0 Å². The normalized spacial score (nSPS) is 18.1. The van der Waals surface area contributed by atoms with Crippen molar-refractivity contribution >= 4 is 16.6 Å². The van der Waals surface area contributed by atoms with Crippen molar-refractivity contribution < 1.29 is 9.90 Å². The largest absolute Gasteiger partial charge is 0.382 e. The number of benzene rings is 1. The average molecular weight is 241 g/mol. The van der Waals surface area contributed by atoms with Crippen molar-refractivity contribution in [3.05, 3.63) is 42.2 Å². The fraction of sp³-hybridized carbons (Fsp3) is 0.333. The number of pyridine rings is 1. The molecular weight excluding hydrogens is 226 g/mol. The van der Waals surface area contributed by atoms with E-state index in [-0.39, 0.29) is 5.78 Å². The van der Waals surface area contributed by atoms with Crippen LogP contribution in [0.5, 0.6) is 0 Å². The molecule has 0 atom stereocenters. The number of hydrogen-bond acceptors (Lipinski definition) is 3. The lowest BCUT2D eigenvalue weighted by Crippen LogP contribution is -2.35. The van der Waals surface area contributed by atoms with Gasteiger partial charge in [-0.2, -0.15) is 0 Å². The first-order chi connectivity index (χ1) is 8.71. The first-order valence-corrected chi connectivity index (χ1v) is 6.31. The molecule has 0 bridgehead atoms. The van der Waals surface area contributed by atoms with E-state index in [2.05, 4.69) is 4.98 Å². The molecule has 0 aliphatic heterocycles. The Hall–Kier alpha value is -1.74. The predicted octanol–water partition coefficient (Wildman–Crippen LogP) is 2.72. The van der Waals surface area contributed by atoms with Crippen LogP contribution in [0.4, 0.5) is 0 Å². The van der Waals surface area contributed by atoms with Gasteiger partial charge in [-0.05, 0) is 37.1 Å². The lowest BCUT2D eigenvalue weighted by Gasteiger charge is -2.21. The Morgan fingerprint density at radius 2 is 2.00 bits per heavy atom. The van der Waals surface area contributed by atoms with Gasteiger partial charge >= 0.3 is 0 Å². The van der Waals surface area contributed by atoms with Crippen molar-refractivity contribution in [3.63, 3.8) is 0 Å². The van der Waals surface area contributed by atoms with Crippen molar-refractivity contribution in [1.82, 2.24) is 4.98 Å². The Balaban J connectivity index is 2.12. The van der Waals surface area contributed by atoms with E-state index in [1.54, 1.807) is 18.5 Å². The zero-order valence-electron chi connectivity index (χ0n) is 10.1. The molecule has 0 radical (unpaired) electrons. The first kappa shape index (κ1) is 11.4. The topological polar surface area (TPSA) is 50.2 Å². The van der Waals surface area contributed by atoms with Crippen LogP contribution >= 0.6 is 0 Å². The monoisotopic (exact) mass is 241 g/mol. The molecule has 1 aliphatic carbocycles. The van der Waals surface area contributed by atoms with Crippen molar-refractivity contribution in [2.45, 2.75) is 31.3 Å². The highest BCUT2D eigenvalue weighted by molar-refractivity contribution is 6.11. The number of fused-ring (bicyclic) bond motifs is 1. The van der Waals surface area contributed by atoms with E-state index in [1.807, 2.05) is 18.2 Å². The second kappa shape index (κ2) is 4.18. The zero-order chi connectivity index (χ0) is 12.6. The van der Waals surface area contributed by atoms with Crippen molar-refractivity contribution in [1.29, 1.82) is 0 Å². The summed E-state index contributed by atoms with van der Waals surface area (Å²) >= 11 is 0. The number of carbonyl (C=O) groups is 1. The fourth-order valence-corrected chi connectivity index (χ4v) is 2.76. The van der Waals surface area contributed by atoms with Crippen LogP contribution in [-0.2, 0) is 0 Å². The van der Waals surface area contributed by atoms with Gasteiger partial charge in [0.25, 0.3) is 0 Å². The molecule has 1 aromatic heterocycles. The standard InChI is InChI=1S/C15H15NO2/c17-14(15(18)7-1-2-8-15)13-5-3-4-11-10-16-9-6-12(11)13/h3-6,9-10,18H,1-2,7-8H2. The first-order valence-electron chi connectivity index (χ1n) is 6.31. The summed E-state index contributed by atoms with van der Waals surface area (Å²) in [5.41, 5.74) is -0.545. The van der Waals surface area contributed by atoms with Crippen molar-refractivity contribution in [3.8, 4) is 0 Å². The van der Waals surface area contributed by atoms with Crippen LogP contribution in [-0.4, -0.2) is 21.5 Å². The minimum Gasteiger partial charge on any atom is -0.382 e. The Labute approximate surface area is 105 Å². The number of Topliss-reactive ketones (excluding diaryl/α,β-unsaturated/α-hetero) is 1. The summed E-state index contributed by atoms with van der Waals surface area (Å²) in [6.45, 7) is 0. The Kier molecular flexibility index (Phi) is 2.63. The third kappa shape index (κ3) is 1.71. The number of rotatable bonds is 2. The predicted molar refractivity (Wildman–Crippen MR) is 69.5 cm³/mol. The Morgan fingerprint density at radius 1 is 1.22 bits per heavy atom. The average Bonchev–Trinajstić information content (AvgIpc) is 2.85. The zero-order valence-corrected chi connectivity index (χ0v) is 10.1. The van der Waals surface area contributed by atoms with Gasteiger partial charge in [0.15, 0.2) is 5.78 Å². The second-order valence-electron chi connectivity index (χ2n) is 4.97. The van der Waals surface area contributed by atoms with E-state index in [1.165, 1.54) is 0 Å². The summed E-state index contributed by atoms with van der Waals surface area (Å²) in [6, 6.07) is 7.40. The van der Waals surface area contributed by atoms with Crippen LogP contribution < -0.4 is 0 Å². The quantitative estimate of drug-likeness (QED) is 0.822. The van der Waals surface area contributed by atoms with E-state index < -0.39 is 5.60 Å². The third-order valence-electron chi connectivity index (χ3n) is 3.78. The van der Waals surface area contributed by atoms with Gasteiger partial charge in [0.2, 0.25) is 0 Å². The molecule has 3 heteroatoms. The van der Waals surface area contributed by atoms with E-state index in [0.29, 0.717) is 18.4 Å². The molecule has 18 heavy (non-hydrogen) atoms. The van der Waals surface area contributed by atoms with Gasteiger partial charge in [-0.15, -0.1) is 0 Å². The van der Waals surface area contributed by atoms with Crippen LogP contribution in [0.1, 0.15) is 36.0 Å². The maximum Gasteiger partial charge on any atom is 0.194 e. The van der Waals surface area contributed by atoms with Gasteiger partial charge in [-0.1, -0.05) is 18.2 Å². The minimum atomic E-state index is -1.16. The van der Waals surface area contributed by atoms with E-state index in [4.69, 9.17) is 0 Å². The molecule has 3 nitrogen and oxygen atoms in total. The summed E-state index contributed by atoms with van der Waals surface area (Å²) < 4.78 is 0. The molecule has 0 spiro atoms. The lowest BCUT2D eigenvalue weighted by molar-refractivity contribution is 0.0355. The molecule has 2 aromatic rings. The molecule has 1 aromatic carbocycles. The molecule has 1 saturated carbocycles. The number of aromatic nitrogens is 1. The maximum atomic E-state index is 12.5. The molecule has 0 saturated heterocycles. The second-order valence-corrected chi connectivity index (χ2v) is 4.97. The van der Waals surface area contributed by atoms with Crippen molar-refractivity contribution in [2.24, 2.45) is 0 Å². The number of hydrogen-bond donors (Lipinski definition) is 1. The van der Waals surface area contributed by atoms with E-state index in [0.717, 1.165) is 23.6 Å². The summed E-state index contributed by atoms with van der Waals surface area (Å²) in [5, 5.41) is 12.2. The molecule has 1 N–H and O–H groups in total. The van der Waals surface area contributed by atoms with Gasteiger partial charge < -0.3 is 5.11 Å². The van der Waals surface area contributed by atoms with E-state index in [9.17, 15) is 9.90 Å². The van der Waals surface area contributed by atoms with Gasteiger partial charge in [0.1, 0.15) is 5.60 Å². The SMILES string of the molecule is O=C(c1cccc2cnccc12)C1(O)CCCC1. The number of ketones is 1. The Bertz CT molecular complexity index is 595. The lowest BCUT2D eigenvalue weighted by atomic mass is 9.89. The fourth-order valence-electron chi connectivity index (χ4n) is 2.76. The molecule has 1 heterocycles. The van der Waals surface area contributed by atoms with E-state index >= 15 is 0 Å². The number of carbonyl (C=O) groups excluding carboxylic acids is 1. The molecule has 0 amide bonds. The van der Waals surface area contributed by atoms with Crippen LogP contribution in [0.25, 0.3) is 10.8 Å². The number of nitrogens with zero attached hydrogens (tertiary/aromatic N) is 1. The van der Waals surface area contributed by atoms with Crippen LogP contribution in [0, 0.1) is 0 Å². The highest BCUT2D eigenvalue weighted by atomic mass is 16.3. The highest BCUT2D eigenvalue weighted by Crippen LogP contribution is 2.34. The summed E-state index contributed by atoms with van der Waals surface area (Å²) in [7, 11) is 0. The maximum absolute atomic E-state index is 12.5. The summed E-state index contributed by atoms with van der Waals surface area (Å²) in [6.07, 6.45) is 6.42. The van der Waals surface area contributed by atoms with Gasteiger partial charge in [-0.3, -0.25) is 9.78 Å². The summed E-state index contributed by atoms with van der Waals surface area (Å²) in [5.74, 6) is -0.142. The minimum absolute atomic E-state index is 0.142. The third-order valence-corrected chi connectivity index (χ3v) is 3.78. The van der Waals surface area contributed by atoms with Crippen LogP contribution in [0.2, 0.25) is 0 Å². The molecule has 3 rings (SSSR count). The molecule has 92 valence electrons.